The summed E-state index contributed by atoms with van der Waals surface area (Å²) in [7, 11) is 0. The fourth-order valence-electron chi connectivity index (χ4n) is 3.52. The van der Waals surface area contributed by atoms with Gasteiger partial charge >= 0.3 is 0 Å². The lowest BCUT2D eigenvalue weighted by Crippen LogP contribution is -2.55. The Morgan fingerprint density at radius 2 is 1.66 bits per heavy atom. The van der Waals surface area contributed by atoms with Crippen molar-refractivity contribution >= 4 is 23.2 Å². The molecule has 0 saturated carbocycles. The van der Waals surface area contributed by atoms with Crippen molar-refractivity contribution in [2.45, 2.75) is 25.8 Å². The van der Waals surface area contributed by atoms with Crippen LogP contribution in [0.1, 0.15) is 30.1 Å². The summed E-state index contributed by atoms with van der Waals surface area (Å²) in [5.74, 6) is -0.331. The third-order valence-electron chi connectivity index (χ3n) is 5.21. The molecule has 0 radical (unpaired) electrons. The van der Waals surface area contributed by atoms with Crippen LogP contribution < -0.4 is 5.32 Å². The van der Waals surface area contributed by atoms with E-state index in [0.717, 1.165) is 28.1 Å². The molecule has 1 N–H and O–H groups in total. The van der Waals surface area contributed by atoms with Crippen molar-refractivity contribution in [2.24, 2.45) is 0 Å². The maximum Gasteiger partial charge on any atom is 0.283 e. The third-order valence-corrected chi connectivity index (χ3v) is 6.31. The largest absolute Gasteiger partial charge is 0.354 e. The van der Waals surface area contributed by atoms with E-state index in [9.17, 15) is 9.59 Å². The molecule has 1 aliphatic heterocycles. The van der Waals surface area contributed by atoms with Gasteiger partial charge in [-0.15, -0.1) is 11.3 Å². The topological polar surface area (TPSA) is 62.3 Å². The predicted molar refractivity (Wildman–Crippen MR) is 116 cm³/mol. The van der Waals surface area contributed by atoms with Gasteiger partial charge in [0.15, 0.2) is 5.01 Å². The number of nitrogens with one attached hydrogen (secondary N) is 1. The van der Waals surface area contributed by atoms with Crippen molar-refractivity contribution < 1.29 is 9.59 Å². The van der Waals surface area contributed by atoms with Crippen LogP contribution in [0.2, 0.25) is 0 Å². The highest BCUT2D eigenvalue weighted by Crippen LogP contribution is 2.37. The molecule has 0 aliphatic carbocycles. The fourth-order valence-corrected chi connectivity index (χ4v) is 4.56. The molecule has 5 nitrogen and oxygen atoms in total. The van der Waals surface area contributed by atoms with Crippen LogP contribution in [0.25, 0.3) is 21.7 Å². The molecular weight excluding hydrogens is 382 g/mol. The maximum atomic E-state index is 13.4. The first-order valence-electron chi connectivity index (χ1n) is 9.70. The monoisotopic (exact) mass is 405 g/mol. The Hall–Kier alpha value is -2.99. The summed E-state index contributed by atoms with van der Waals surface area (Å²) in [5, 5.41) is 3.30. The first kappa shape index (κ1) is 19.3. The van der Waals surface area contributed by atoms with Gasteiger partial charge in [-0.1, -0.05) is 60.7 Å². The van der Waals surface area contributed by atoms with E-state index in [1.54, 1.807) is 18.7 Å². The molecule has 29 heavy (non-hydrogen) atoms. The summed E-state index contributed by atoms with van der Waals surface area (Å²) in [4.78, 5) is 33.3. The molecule has 2 amide bonds. The van der Waals surface area contributed by atoms with Gasteiger partial charge in [0.2, 0.25) is 5.91 Å². The molecule has 0 spiro atoms. The van der Waals surface area contributed by atoms with E-state index in [-0.39, 0.29) is 11.8 Å². The molecule has 4 rings (SSSR count). The number of carbonyl (C=O) groups is 2. The number of hydrogen-bond acceptors (Lipinski definition) is 4. The molecule has 0 unspecified atom stereocenters. The molecule has 0 bridgehead atoms. The normalized spacial score (nSPS) is 16.2. The van der Waals surface area contributed by atoms with Gasteiger partial charge < -0.3 is 10.2 Å². The summed E-state index contributed by atoms with van der Waals surface area (Å²) in [6, 6.07) is 19.9. The average Bonchev–Trinajstić information content (AvgIpc) is 3.14. The Labute approximate surface area is 174 Å². The lowest BCUT2D eigenvalue weighted by Gasteiger charge is -2.34. The van der Waals surface area contributed by atoms with Crippen LogP contribution in [0.4, 0.5) is 0 Å². The highest BCUT2D eigenvalue weighted by atomic mass is 32.1. The molecule has 1 aromatic heterocycles. The second-order valence-electron chi connectivity index (χ2n) is 7.55. The molecule has 148 valence electrons. The van der Waals surface area contributed by atoms with Gasteiger partial charge in [0.25, 0.3) is 5.91 Å². The summed E-state index contributed by atoms with van der Waals surface area (Å²) < 4.78 is 0. The van der Waals surface area contributed by atoms with Crippen LogP contribution in [0, 0.1) is 0 Å². The summed E-state index contributed by atoms with van der Waals surface area (Å²) in [6.45, 7) is 4.67. The third kappa shape index (κ3) is 3.68. The molecule has 2 heterocycles. The van der Waals surface area contributed by atoms with Crippen molar-refractivity contribution in [3.8, 4) is 21.7 Å². The number of hydrogen-bond donors (Lipinski definition) is 1. The van der Waals surface area contributed by atoms with Crippen LogP contribution in [0.3, 0.4) is 0 Å². The molecule has 0 atom stereocenters. The van der Waals surface area contributed by atoms with Gasteiger partial charge in [-0.3, -0.25) is 9.59 Å². The number of benzene rings is 2. The quantitative estimate of drug-likeness (QED) is 0.710. The molecule has 1 saturated heterocycles. The Morgan fingerprint density at radius 3 is 2.31 bits per heavy atom. The summed E-state index contributed by atoms with van der Waals surface area (Å²) in [6.07, 6.45) is 0.726. The SMILES string of the molecule is CC1(C)C(=O)NCCCN1C(=O)c1nc(-c2ccccc2)c(-c2ccccc2)s1. The van der Waals surface area contributed by atoms with E-state index in [1.807, 2.05) is 60.7 Å². The maximum absolute atomic E-state index is 13.4. The van der Waals surface area contributed by atoms with Gasteiger partial charge in [-0.05, 0) is 25.8 Å². The Balaban J connectivity index is 1.79. The Bertz CT molecular complexity index is 972. The number of aromatic nitrogens is 1. The molecular formula is C23H23N3O2S. The van der Waals surface area contributed by atoms with Crippen molar-refractivity contribution in [3.63, 3.8) is 0 Å². The highest BCUT2D eigenvalue weighted by Gasteiger charge is 2.40. The van der Waals surface area contributed by atoms with Crippen molar-refractivity contribution in [1.29, 1.82) is 0 Å². The van der Waals surface area contributed by atoms with E-state index < -0.39 is 5.54 Å². The van der Waals surface area contributed by atoms with Crippen LogP contribution in [-0.4, -0.2) is 40.3 Å². The zero-order chi connectivity index (χ0) is 20.4. The number of nitrogens with zero attached hydrogens (tertiary/aromatic N) is 2. The zero-order valence-electron chi connectivity index (χ0n) is 16.5. The van der Waals surface area contributed by atoms with Crippen LogP contribution >= 0.6 is 11.3 Å². The van der Waals surface area contributed by atoms with E-state index >= 15 is 0 Å². The van der Waals surface area contributed by atoms with Crippen molar-refractivity contribution in [1.82, 2.24) is 15.2 Å². The van der Waals surface area contributed by atoms with Crippen molar-refractivity contribution in [3.05, 3.63) is 65.7 Å². The summed E-state index contributed by atoms with van der Waals surface area (Å²) >= 11 is 1.38. The van der Waals surface area contributed by atoms with Crippen LogP contribution in [-0.2, 0) is 4.79 Å². The minimum atomic E-state index is -0.918. The summed E-state index contributed by atoms with van der Waals surface area (Å²) in [5.41, 5.74) is 1.87. The van der Waals surface area contributed by atoms with Crippen LogP contribution in [0.5, 0.6) is 0 Å². The molecule has 6 heteroatoms. The number of amides is 2. The highest BCUT2D eigenvalue weighted by molar-refractivity contribution is 7.17. The van der Waals surface area contributed by atoms with E-state index in [4.69, 9.17) is 4.98 Å². The van der Waals surface area contributed by atoms with Gasteiger partial charge in [0.1, 0.15) is 5.54 Å². The van der Waals surface area contributed by atoms with E-state index in [1.165, 1.54) is 11.3 Å². The number of rotatable bonds is 3. The molecule has 1 fully saturated rings. The Kier molecular flexibility index (Phi) is 5.20. The Morgan fingerprint density at radius 1 is 1.03 bits per heavy atom. The number of carbonyl (C=O) groups excluding carboxylic acids is 2. The first-order valence-corrected chi connectivity index (χ1v) is 10.5. The average molecular weight is 406 g/mol. The van der Waals surface area contributed by atoms with Gasteiger partial charge in [0.05, 0.1) is 10.6 Å². The fraction of sp³-hybridized carbons (Fsp3) is 0.261. The lowest BCUT2D eigenvalue weighted by atomic mass is 10.0. The minimum absolute atomic E-state index is 0.133. The van der Waals surface area contributed by atoms with Gasteiger partial charge in [-0.2, -0.15) is 0 Å². The van der Waals surface area contributed by atoms with E-state index in [0.29, 0.717) is 18.1 Å². The standard InChI is InChI=1S/C23H23N3O2S/c1-23(2)22(28)24-14-9-15-26(23)21(27)20-25-18(16-10-5-3-6-11-16)19(29-20)17-12-7-4-8-13-17/h3-8,10-13H,9,14-15H2,1-2H3,(H,24,28). The predicted octanol–water partition coefficient (Wildman–Crippen LogP) is 4.22. The number of thiazole rings is 1. The smallest absolute Gasteiger partial charge is 0.283 e. The minimum Gasteiger partial charge on any atom is -0.354 e. The van der Waals surface area contributed by atoms with E-state index in [2.05, 4.69) is 5.32 Å². The molecule has 1 aliphatic rings. The van der Waals surface area contributed by atoms with Crippen molar-refractivity contribution in [2.75, 3.05) is 13.1 Å². The van der Waals surface area contributed by atoms with Gasteiger partial charge in [-0.25, -0.2) is 4.98 Å². The molecule has 3 aromatic rings. The van der Waals surface area contributed by atoms with Gasteiger partial charge in [0, 0.05) is 18.7 Å². The van der Waals surface area contributed by atoms with Crippen LogP contribution in [0.15, 0.2) is 60.7 Å². The zero-order valence-corrected chi connectivity index (χ0v) is 17.3. The lowest BCUT2D eigenvalue weighted by molar-refractivity contribution is -0.129. The second-order valence-corrected chi connectivity index (χ2v) is 8.55. The molecule has 2 aromatic carbocycles. The second kappa shape index (κ2) is 7.79. The first-order chi connectivity index (χ1) is 14.0.